The number of carbonyl (C=O) groups excluding carboxylic acids is 1. The smallest absolute Gasteiger partial charge is 0.267 e. The molecule has 2 aliphatic rings. The molecule has 1 atom stereocenters. The van der Waals surface area contributed by atoms with Crippen molar-refractivity contribution in [2.24, 2.45) is 5.41 Å². The Kier molecular flexibility index (Phi) is 8.05. The molecule has 0 bridgehead atoms. The third-order valence-electron chi connectivity index (χ3n) is 7.05. The summed E-state index contributed by atoms with van der Waals surface area (Å²) in [6.07, 6.45) is 3.69. The molecule has 198 valence electrons. The van der Waals surface area contributed by atoms with Gasteiger partial charge in [0.15, 0.2) is 0 Å². The van der Waals surface area contributed by atoms with Crippen LogP contribution in [0.3, 0.4) is 0 Å². The summed E-state index contributed by atoms with van der Waals surface area (Å²) >= 11 is 12.3. The van der Waals surface area contributed by atoms with Gasteiger partial charge in [0.1, 0.15) is 18.2 Å². The average Bonchev–Trinajstić information content (AvgIpc) is 3.66. The lowest BCUT2D eigenvalue weighted by molar-refractivity contribution is 0.0745. The summed E-state index contributed by atoms with van der Waals surface area (Å²) in [5, 5.41) is 11.2. The Bertz CT molecular complexity index is 1330. The van der Waals surface area contributed by atoms with E-state index >= 15 is 0 Å². The number of halogens is 3. The Hall–Kier alpha value is -2.38. The van der Waals surface area contributed by atoms with Crippen LogP contribution in [-0.4, -0.2) is 45.2 Å². The molecule has 1 heterocycles. The molecule has 37 heavy (non-hydrogen) atoms. The number of ether oxygens (including phenoxy) is 1. The van der Waals surface area contributed by atoms with E-state index in [2.05, 4.69) is 17.9 Å². The van der Waals surface area contributed by atoms with Crippen molar-refractivity contribution >= 4 is 39.1 Å². The van der Waals surface area contributed by atoms with E-state index in [-0.39, 0.29) is 29.9 Å². The van der Waals surface area contributed by atoms with Gasteiger partial charge in [-0.2, -0.15) is 5.26 Å². The van der Waals surface area contributed by atoms with Gasteiger partial charge in [-0.05, 0) is 73.9 Å². The zero-order valence-corrected chi connectivity index (χ0v) is 22.9. The Balaban J connectivity index is 1.46. The van der Waals surface area contributed by atoms with E-state index in [0.717, 1.165) is 30.7 Å². The summed E-state index contributed by atoms with van der Waals surface area (Å²) in [5.41, 5.74) is 0.559. The number of nitriles is 1. The lowest BCUT2D eigenvalue weighted by Crippen LogP contribution is -2.43. The van der Waals surface area contributed by atoms with Gasteiger partial charge in [0, 0.05) is 35.2 Å². The largest absolute Gasteiger partial charge is 0.492 e. The van der Waals surface area contributed by atoms with E-state index < -0.39 is 27.2 Å². The van der Waals surface area contributed by atoms with Crippen molar-refractivity contribution in [1.82, 2.24) is 9.62 Å². The number of sulfonamides is 1. The molecule has 0 radical (unpaired) electrons. The van der Waals surface area contributed by atoms with Crippen LogP contribution in [0.1, 0.15) is 66.1 Å². The van der Waals surface area contributed by atoms with E-state index in [4.69, 9.17) is 27.9 Å². The molecule has 1 amide bonds. The van der Waals surface area contributed by atoms with Crippen LogP contribution in [0.25, 0.3) is 0 Å². The second-order valence-corrected chi connectivity index (χ2v) is 12.6. The Morgan fingerprint density at radius 2 is 1.84 bits per heavy atom. The van der Waals surface area contributed by atoms with Gasteiger partial charge >= 0.3 is 0 Å². The van der Waals surface area contributed by atoms with Gasteiger partial charge in [0.2, 0.25) is 10.0 Å². The number of hydrogen-bond donors (Lipinski definition) is 1. The molecular weight excluding hydrogens is 540 g/mol. The first kappa shape index (κ1) is 27.6. The minimum atomic E-state index is -3.84. The molecule has 2 fully saturated rings. The lowest BCUT2D eigenvalue weighted by atomic mass is 9.80. The monoisotopic (exact) mass is 567 g/mol. The van der Waals surface area contributed by atoms with Crippen LogP contribution in [0.5, 0.6) is 5.75 Å². The summed E-state index contributed by atoms with van der Waals surface area (Å²) in [5.74, 6) is -1.51. The third kappa shape index (κ3) is 6.74. The number of carbonyl (C=O) groups is 1. The molecule has 4 rings (SSSR count). The molecule has 2 aromatic rings. The highest BCUT2D eigenvalue weighted by atomic mass is 35.5. The van der Waals surface area contributed by atoms with Crippen LogP contribution in [0.2, 0.25) is 10.0 Å². The van der Waals surface area contributed by atoms with Gasteiger partial charge in [-0.15, -0.1) is 0 Å². The summed E-state index contributed by atoms with van der Waals surface area (Å²) < 4.78 is 45.5. The van der Waals surface area contributed by atoms with Gasteiger partial charge in [0.05, 0.1) is 23.3 Å². The molecule has 1 saturated carbocycles. The molecule has 11 heteroatoms. The highest BCUT2D eigenvalue weighted by molar-refractivity contribution is 7.89. The second kappa shape index (κ2) is 10.8. The molecule has 1 aliphatic carbocycles. The first-order chi connectivity index (χ1) is 17.4. The lowest BCUT2D eigenvalue weighted by Gasteiger charge is -2.40. The third-order valence-corrected chi connectivity index (χ3v) is 8.04. The zero-order valence-electron chi connectivity index (χ0n) is 20.6. The van der Waals surface area contributed by atoms with Crippen molar-refractivity contribution in [3.05, 3.63) is 62.9 Å². The van der Waals surface area contributed by atoms with Crippen molar-refractivity contribution in [3.63, 3.8) is 0 Å². The Morgan fingerprint density at radius 3 is 2.38 bits per heavy atom. The van der Waals surface area contributed by atoms with Crippen molar-refractivity contribution in [2.45, 2.75) is 44.6 Å². The van der Waals surface area contributed by atoms with Crippen molar-refractivity contribution in [2.75, 3.05) is 26.0 Å². The predicted octanol–water partition coefficient (Wildman–Crippen LogP) is 5.45. The molecule has 0 spiro atoms. The van der Waals surface area contributed by atoms with Crippen LogP contribution in [0.15, 0.2) is 30.3 Å². The fourth-order valence-corrected chi connectivity index (χ4v) is 5.67. The molecule has 1 aliphatic heterocycles. The quantitative estimate of drug-likeness (QED) is 0.455. The fraction of sp³-hybridized carbons (Fsp3) is 0.462. The number of rotatable bonds is 8. The van der Waals surface area contributed by atoms with E-state index in [9.17, 15) is 22.9 Å². The van der Waals surface area contributed by atoms with Crippen molar-refractivity contribution in [3.8, 4) is 11.8 Å². The zero-order chi connectivity index (χ0) is 27.0. The molecule has 1 saturated heterocycles. The van der Waals surface area contributed by atoms with Gasteiger partial charge in [-0.1, -0.05) is 23.2 Å². The fourth-order valence-electron chi connectivity index (χ4n) is 4.68. The maximum atomic E-state index is 14.8. The maximum Gasteiger partial charge on any atom is 0.267 e. The minimum absolute atomic E-state index is 0.0648. The Morgan fingerprint density at radius 1 is 1.22 bits per heavy atom. The van der Waals surface area contributed by atoms with E-state index in [1.165, 1.54) is 6.07 Å². The highest BCUT2D eigenvalue weighted by Gasteiger charge is 2.38. The van der Waals surface area contributed by atoms with Crippen molar-refractivity contribution < 1.29 is 22.3 Å². The number of amides is 1. The SMILES string of the molecule is C[C@@H](c1cc(Cl)cc(Cl)c1)N1CCC(C#N)(COc2cc(F)c(C(=O)NS(C)(=O)=O)cc2C2CC2)CC1. The molecular formula is C26H28Cl2FN3O4S. The number of nitrogens with one attached hydrogen (secondary N) is 1. The van der Waals surface area contributed by atoms with Crippen LogP contribution < -0.4 is 9.46 Å². The Labute approximate surface area is 226 Å². The summed E-state index contributed by atoms with van der Waals surface area (Å²) in [7, 11) is -3.84. The summed E-state index contributed by atoms with van der Waals surface area (Å²) in [4.78, 5) is 14.5. The van der Waals surface area contributed by atoms with Gasteiger partial charge in [0.25, 0.3) is 5.91 Å². The average molecular weight is 568 g/mol. The predicted molar refractivity (Wildman–Crippen MR) is 140 cm³/mol. The van der Waals surface area contributed by atoms with Gasteiger partial charge in [-0.3, -0.25) is 9.69 Å². The number of benzene rings is 2. The van der Waals surface area contributed by atoms with Crippen molar-refractivity contribution in [1.29, 1.82) is 5.26 Å². The summed E-state index contributed by atoms with van der Waals surface area (Å²) in [6.45, 7) is 3.49. The number of likely N-dealkylation sites (tertiary alicyclic amines) is 1. The van der Waals surface area contributed by atoms with Crippen LogP contribution in [0.4, 0.5) is 4.39 Å². The number of nitrogens with zero attached hydrogens (tertiary/aromatic N) is 2. The first-order valence-corrected chi connectivity index (χ1v) is 14.6. The van der Waals surface area contributed by atoms with Gasteiger partial charge < -0.3 is 4.74 Å². The highest BCUT2D eigenvalue weighted by Crippen LogP contribution is 2.46. The topological polar surface area (TPSA) is 99.5 Å². The number of piperidine rings is 1. The van der Waals surface area contributed by atoms with E-state index in [0.29, 0.717) is 41.5 Å². The molecule has 7 nitrogen and oxygen atoms in total. The normalized spacial score (nSPS) is 18.6. The first-order valence-electron chi connectivity index (χ1n) is 12.0. The van der Waals surface area contributed by atoms with Crippen LogP contribution in [0, 0.1) is 22.6 Å². The van der Waals surface area contributed by atoms with Crippen LogP contribution in [-0.2, 0) is 10.0 Å². The molecule has 2 aromatic carbocycles. The van der Waals surface area contributed by atoms with Gasteiger partial charge in [-0.25, -0.2) is 17.5 Å². The molecule has 0 aromatic heterocycles. The maximum absolute atomic E-state index is 14.8. The van der Waals surface area contributed by atoms with E-state index in [1.54, 1.807) is 10.8 Å². The number of hydrogen-bond acceptors (Lipinski definition) is 6. The molecule has 0 unspecified atom stereocenters. The van der Waals surface area contributed by atoms with Crippen LogP contribution >= 0.6 is 23.2 Å². The standard InChI is InChI=1S/C26H28Cl2FN3O4S/c1-16(18-9-19(27)11-20(28)10-18)32-7-5-26(14-30,6-8-32)15-36-24-13-23(29)22(12-21(24)17-3-4-17)25(33)31-37(2,34)35/h9-13,16-17H,3-8,15H2,1-2H3,(H,31,33)/t16-/m0/s1. The molecule has 1 N–H and O–H groups in total. The second-order valence-electron chi connectivity index (χ2n) is 9.94. The van der Waals surface area contributed by atoms with E-state index in [1.807, 2.05) is 12.1 Å². The summed E-state index contributed by atoms with van der Waals surface area (Å²) in [6, 6.07) is 10.4. The minimum Gasteiger partial charge on any atom is -0.492 e.